The van der Waals surface area contributed by atoms with Crippen molar-refractivity contribution >= 4 is 22.6 Å². The van der Waals surface area contributed by atoms with E-state index in [0.717, 1.165) is 22.9 Å². The molecule has 4 N–H and O–H groups in total. The van der Waals surface area contributed by atoms with Crippen LogP contribution in [-0.4, -0.2) is 27.2 Å². The van der Waals surface area contributed by atoms with E-state index in [1.165, 1.54) is 6.92 Å². The molecule has 0 radical (unpaired) electrons. The standard InChI is InChI=1S/C14H21NO3S/c1-8-6-9(2)13(15)11(7-8)14(18)12(17)4-5-19-10(3)16/h6-7,12,14,17-18H,4-5,15H2,1-3H3. The van der Waals surface area contributed by atoms with Crippen molar-refractivity contribution in [1.29, 1.82) is 0 Å². The number of carbonyl (C=O) groups is 1. The zero-order valence-corrected chi connectivity index (χ0v) is 12.3. The number of aliphatic hydroxyl groups is 2. The average molecular weight is 283 g/mol. The van der Waals surface area contributed by atoms with Crippen LogP contribution in [0.3, 0.4) is 0 Å². The Morgan fingerprint density at radius 1 is 1.37 bits per heavy atom. The molecule has 2 atom stereocenters. The first-order chi connectivity index (χ1) is 8.82. The number of benzene rings is 1. The van der Waals surface area contributed by atoms with Crippen molar-refractivity contribution in [2.75, 3.05) is 11.5 Å². The number of aryl methyl sites for hydroxylation is 2. The van der Waals surface area contributed by atoms with E-state index in [4.69, 9.17) is 5.73 Å². The summed E-state index contributed by atoms with van der Waals surface area (Å²) < 4.78 is 0. The lowest BCUT2D eigenvalue weighted by atomic mass is 9.96. The largest absolute Gasteiger partial charge is 0.398 e. The van der Waals surface area contributed by atoms with Gasteiger partial charge in [0.2, 0.25) is 0 Å². The zero-order valence-electron chi connectivity index (χ0n) is 11.5. The third kappa shape index (κ3) is 4.53. The highest BCUT2D eigenvalue weighted by Crippen LogP contribution is 2.29. The molecule has 2 unspecified atom stereocenters. The van der Waals surface area contributed by atoms with Gasteiger partial charge in [0.1, 0.15) is 6.10 Å². The molecular weight excluding hydrogens is 262 g/mol. The summed E-state index contributed by atoms with van der Waals surface area (Å²) in [4.78, 5) is 10.8. The van der Waals surface area contributed by atoms with Crippen LogP contribution >= 0.6 is 11.8 Å². The van der Waals surface area contributed by atoms with Gasteiger partial charge in [-0.2, -0.15) is 0 Å². The third-order valence-corrected chi connectivity index (χ3v) is 3.81. The molecule has 0 aromatic heterocycles. The summed E-state index contributed by atoms with van der Waals surface area (Å²) in [5, 5.41) is 20.1. The van der Waals surface area contributed by atoms with Gasteiger partial charge < -0.3 is 15.9 Å². The van der Waals surface area contributed by atoms with Crippen LogP contribution in [0.15, 0.2) is 12.1 Å². The van der Waals surface area contributed by atoms with Crippen LogP contribution in [0, 0.1) is 13.8 Å². The summed E-state index contributed by atoms with van der Waals surface area (Å²) in [6.45, 7) is 5.27. The van der Waals surface area contributed by atoms with Gasteiger partial charge in [-0.15, -0.1) is 0 Å². The van der Waals surface area contributed by atoms with Gasteiger partial charge in [-0.25, -0.2) is 0 Å². The number of nitrogen functional groups attached to an aromatic ring is 1. The maximum Gasteiger partial charge on any atom is 0.185 e. The Bertz CT molecular complexity index is 462. The van der Waals surface area contributed by atoms with Gasteiger partial charge in [0, 0.05) is 23.9 Å². The minimum absolute atomic E-state index is 0.00704. The molecule has 0 aliphatic rings. The van der Waals surface area contributed by atoms with Gasteiger partial charge in [-0.3, -0.25) is 4.79 Å². The van der Waals surface area contributed by atoms with Gasteiger partial charge >= 0.3 is 0 Å². The van der Waals surface area contributed by atoms with Gasteiger partial charge in [-0.1, -0.05) is 29.5 Å². The summed E-state index contributed by atoms with van der Waals surface area (Å²) in [6.07, 6.45) is -1.60. The Hall–Kier alpha value is -1.04. The molecule has 0 saturated heterocycles. The SMILES string of the molecule is CC(=O)SCCC(O)C(O)c1cc(C)cc(C)c1N. The van der Waals surface area contributed by atoms with E-state index in [-0.39, 0.29) is 5.12 Å². The van der Waals surface area contributed by atoms with Crippen LogP contribution in [-0.2, 0) is 4.79 Å². The molecule has 0 aliphatic carbocycles. The molecule has 0 spiro atoms. The van der Waals surface area contributed by atoms with Crippen molar-refractivity contribution in [3.05, 3.63) is 28.8 Å². The van der Waals surface area contributed by atoms with E-state index in [1.54, 1.807) is 6.07 Å². The Morgan fingerprint density at radius 2 is 2.00 bits per heavy atom. The highest BCUT2D eigenvalue weighted by molar-refractivity contribution is 8.13. The number of aliphatic hydroxyl groups excluding tert-OH is 2. The Kier molecular flexibility index (Phi) is 5.85. The lowest BCUT2D eigenvalue weighted by molar-refractivity contribution is -0.109. The molecule has 0 fully saturated rings. The summed E-state index contributed by atoms with van der Waals surface area (Å²) in [6, 6.07) is 3.72. The van der Waals surface area contributed by atoms with Gasteiger partial charge in [0.15, 0.2) is 5.12 Å². The average Bonchev–Trinajstić information content (AvgIpc) is 2.32. The predicted octanol–water partition coefficient (Wildman–Crippen LogP) is 1.95. The highest BCUT2D eigenvalue weighted by Gasteiger charge is 2.21. The second kappa shape index (κ2) is 6.93. The highest BCUT2D eigenvalue weighted by atomic mass is 32.2. The number of nitrogens with two attached hydrogens (primary N) is 1. The van der Waals surface area contributed by atoms with Crippen LogP contribution in [0.25, 0.3) is 0 Å². The Balaban J connectivity index is 2.76. The Labute approximate surface area is 118 Å². The lowest BCUT2D eigenvalue weighted by Crippen LogP contribution is -2.20. The number of thioether (sulfide) groups is 1. The number of hydrogen-bond donors (Lipinski definition) is 3. The summed E-state index contributed by atoms with van der Waals surface area (Å²) in [5.41, 5.74) is 8.88. The molecule has 0 bridgehead atoms. The summed E-state index contributed by atoms with van der Waals surface area (Å²) in [7, 11) is 0. The second-order valence-corrected chi connectivity index (χ2v) is 6.00. The number of anilines is 1. The molecule has 19 heavy (non-hydrogen) atoms. The van der Waals surface area contributed by atoms with Crippen molar-refractivity contribution < 1.29 is 15.0 Å². The quantitative estimate of drug-likeness (QED) is 0.719. The Morgan fingerprint density at radius 3 is 2.58 bits per heavy atom. The fraction of sp³-hybridized carbons (Fsp3) is 0.500. The fourth-order valence-corrected chi connectivity index (χ4v) is 2.59. The van der Waals surface area contributed by atoms with E-state index in [0.29, 0.717) is 23.4 Å². The predicted molar refractivity (Wildman–Crippen MR) is 79.1 cm³/mol. The third-order valence-electron chi connectivity index (χ3n) is 2.97. The van der Waals surface area contributed by atoms with Crippen molar-refractivity contribution in [1.82, 2.24) is 0 Å². The van der Waals surface area contributed by atoms with Crippen molar-refractivity contribution in [2.45, 2.75) is 39.4 Å². The molecule has 5 heteroatoms. The number of hydrogen-bond acceptors (Lipinski definition) is 5. The lowest BCUT2D eigenvalue weighted by Gasteiger charge is -2.21. The zero-order chi connectivity index (χ0) is 14.6. The molecule has 1 aromatic rings. The fourth-order valence-electron chi connectivity index (χ4n) is 1.94. The van der Waals surface area contributed by atoms with Gasteiger partial charge in [-0.05, 0) is 25.8 Å². The first-order valence-electron chi connectivity index (χ1n) is 6.19. The van der Waals surface area contributed by atoms with Crippen LogP contribution < -0.4 is 5.73 Å². The number of rotatable bonds is 5. The maximum atomic E-state index is 10.8. The first kappa shape index (κ1) is 16.0. The molecule has 1 aromatic carbocycles. The normalized spacial score (nSPS) is 14.2. The molecule has 0 amide bonds. The molecular formula is C14H21NO3S. The molecule has 0 heterocycles. The van der Waals surface area contributed by atoms with Crippen LogP contribution in [0.2, 0.25) is 0 Å². The van der Waals surface area contributed by atoms with E-state index in [9.17, 15) is 15.0 Å². The number of carbonyl (C=O) groups excluding carboxylic acids is 1. The summed E-state index contributed by atoms with van der Waals surface area (Å²) >= 11 is 1.14. The monoisotopic (exact) mass is 283 g/mol. The minimum Gasteiger partial charge on any atom is -0.398 e. The molecule has 106 valence electrons. The van der Waals surface area contributed by atoms with Crippen LogP contribution in [0.4, 0.5) is 5.69 Å². The molecule has 0 saturated carbocycles. The van der Waals surface area contributed by atoms with Crippen molar-refractivity contribution in [3.63, 3.8) is 0 Å². The minimum atomic E-state index is -1.02. The first-order valence-corrected chi connectivity index (χ1v) is 7.17. The maximum absolute atomic E-state index is 10.8. The van der Waals surface area contributed by atoms with Crippen LogP contribution in [0.5, 0.6) is 0 Å². The van der Waals surface area contributed by atoms with Gasteiger partial charge in [0.05, 0.1) is 6.10 Å². The second-order valence-electron chi connectivity index (χ2n) is 4.73. The van der Waals surface area contributed by atoms with E-state index in [1.807, 2.05) is 19.9 Å². The van der Waals surface area contributed by atoms with E-state index < -0.39 is 12.2 Å². The van der Waals surface area contributed by atoms with Crippen molar-refractivity contribution in [2.24, 2.45) is 0 Å². The molecule has 1 rings (SSSR count). The van der Waals surface area contributed by atoms with E-state index in [2.05, 4.69) is 0 Å². The topological polar surface area (TPSA) is 83.5 Å². The van der Waals surface area contributed by atoms with Gasteiger partial charge in [0.25, 0.3) is 0 Å². The smallest absolute Gasteiger partial charge is 0.185 e. The molecule has 0 aliphatic heterocycles. The summed E-state index contributed by atoms with van der Waals surface area (Å²) in [5.74, 6) is 0.484. The van der Waals surface area contributed by atoms with Crippen molar-refractivity contribution in [3.8, 4) is 0 Å². The molecule has 4 nitrogen and oxygen atoms in total. The van der Waals surface area contributed by atoms with E-state index >= 15 is 0 Å². The van der Waals surface area contributed by atoms with Crippen LogP contribution in [0.1, 0.15) is 36.1 Å².